The van der Waals surface area contributed by atoms with E-state index in [1.807, 2.05) is 55.5 Å². The van der Waals surface area contributed by atoms with Crippen molar-refractivity contribution in [2.45, 2.75) is 26.4 Å². The summed E-state index contributed by atoms with van der Waals surface area (Å²) < 4.78 is 13.3. The van der Waals surface area contributed by atoms with Gasteiger partial charge >= 0.3 is 5.97 Å². The third-order valence-electron chi connectivity index (χ3n) is 6.50. The van der Waals surface area contributed by atoms with Crippen LogP contribution in [0.1, 0.15) is 29.2 Å². The minimum atomic E-state index is -0.330. The number of carbonyl (C=O) groups is 1. The van der Waals surface area contributed by atoms with Gasteiger partial charge < -0.3 is 14.0 Å². The topological polar surface area (TPSA) is 40.5 Å². The molecule has 0 saturated carbocycles. The smallest absolute Gasteiger partial charge is 0.330 e. The average molecular weight is 502 g/mol. The van der Waals surface area contributed by atoms with Crippen LogP contribution in [0, 0.1) is 0 Å². The van der Waals surface area contributed by atoms with Crippen LogP contribution in [0.4, 0.5) is 0 Å². The van der Waals surface area contributed by atoms with Gasteiger partial charge in [0.05, 0.1) is 12.1 Å². The van der Waals surface area contributed by atoms with E-state index < -0.39 is 0 Å². The second-order valence-corrected chi connectivity index (χ2v) is 9.14. The van der Waals surface area contributed by atoms with E-state index in [1.165, 1.54) is 22.6 Å². The fourth-order valence-electron chi connectivity index (χ4n) is 4.55. The molecule has 0 spiro atoms. The van der Waals surface area contributed by atoms with Gasteiger partial charge in [-0.05, 0) is 84.5 Å². The highest BCUT2D eigenvalue weighted by Gasteiger charge is 2.11. The van der Waals surface area contributed by atoms with E-state index in [2.05, 4.69) is 71.4 Å². The number of aryl methyl sites for hydroxylation is 2. The first-order chi connectivity index (χ1) is 18.7. The van der Waals surface area contributed by atoms with E-state index >= 15 is 0 Å². The Bertz CT molecular complexity index is 1520. The lowest BCUT2D eigenvalue weighted by Gasteiger charge is -2.09. The molecule has 0 unspecified atom stereocenters. The molecule has 0 bridgehead atoms. The van der Waals surface area contributed by atoms with Gasteiger partial charge in [-0.1, -0.05) is 66.7 Å². The minimum Gasteiger partial charge on any atom is -0.489 e. The zero-order chi connectivity index (χ0) is 26.2. The largest absolute Gasteiger partial charge is 0.489 e. The van der Waals surface area contributed by atoms with Crippen molar-refractivity contribution in [3.63, 3.8) is 0 Å². The summed E-state index contributed by atoms with van der Waals surface area (Å²) in [7, 11) is 0. The summed E-state index contributed by atoms with van der Waals surface area (Å²) in [5, 5.41) is 1.18. The van der Waals surface area contributed by atoms with Crippen LogP contribution in [0.2, 0.25) is 0 Å². The Morgan fingerprint density at radius 2 is 1.53 bits per heavy atom. The van der Waals surface area contributed by atoms with Crippen molar-refractivity contribution in [1.82, 2.24) is 4.57 Å². The standard InChI is InChI=1S/C34H31NO3/c1-2-37-34(36)22-15-27-14-21-33-32(23-27)29(16-13-26-9-5-3-6-10-26)24-35(33)30-17-19-31(20-18-30)38-25-28-11-7-4-8-12-28/h3-12,14-15,17-24H,2,13,16,25H2,1H3/b22-15+. The number of hydrogen-bond donors (Lipinski definition) is 0. The van der Waals surface area contributed by atoms with Gasteiger partial charge in [-0.25, -0.2) is 4.79 Å². The molecule has 0 saturated heterocycles. The molecule has 1 aromatic heterocycles. The lowest BCUT2D eigenvalue weighted by atomic mass is 10.0. The van der Waals surface area contributed by atoms with Gasteiger partial charge in [-0.3, -0.25) is 0 Å². The fourth-order valence-corrected chi connectivity index (χ4v) is 4.55. The molecule has 5 aromatic rings. The van der Waals surface area contributed by atoms with E-state index in [4.69, 9.17) is 9.47 Å². The van der Waals surface area contributed by atoms with E-state index in [-0.39, 0.29) is 5.97 Å². The van der Waals surface area contributed by atoms with E-state index in [1.54, 1.807) is 0 Å². The maximum Gasteiger partial charge on any atom is 0.330 e. The first kappa shape index (κ1) is 25.1. The quantitative estimate of drug-likeness (QED) is 0.146. The summed E-state index contributed by atoms with van der Waals surface area (Å²) in [6.45, 7) is 2.71. The van der Waals surface area contributed by atoms with Crippen molar-refractivity contribution in [2.24, 2.45) is 0 Å². The summed E-state index contributed by atoms with van der Waals surface area (Å²) in [4.78, 5) is 11.8. The van der Waals surface area contributed by atoms with E-state index in [9.17, 15) is 4.79 Å². The molecule has 4 nitrogen and oxygen atoms in total. The molecule has 0 amide bonds. The first-order valence-electron chi connectivity index (χ1n) is 13.0. The van der Waals surface area contributed by atoms with Crippen LogP contribution in [0.25, 0.3) is 22.7 Å². The van der Waals surface area contributed by atoms with Crippen LogP contribution in [0.15, 0.2) is 115 Å². The molecule has 0 atom stereocenters. The Kier molecular flexibility index (Phi) is 8.00. The zero-order valence-corrected chi connectivity index (χ0v) is 21.5. The molecule has 0 N–H and O–H groups in total. The van der Waals surface area contributed by atoms with Gasteiger partial charge in [0.15, 0.2) is 0 Å². The molecule has 38 heavy (non-hydrogen) atoms. The number of fused-ring (bicyclic) bond motifs is 1. The number of carbonyl (C=O) groups excluding carboxylic acids is 1. The monoisotopic (exact) mass is 501 g/mol. The third-order valence-corrected chi connectivity index (χ3v) is 6.50. The highest BCUT2D eigenvalue weighted by Crippen LogP contribution is 2.29. The maximum absolute atomic E-state index is 11.8. The Labute approximate surface area is 223 Å². The summed E-state index contributed by atoms with van der Waals surface area (Å²) in [5.74, 6) is 0.508. The second kappa shape index (κ2) is 12.1. The second-order valence-electron chi connectivity index (χ2n) is 9.14. The number of aromatic nitrogens is 1. The third kappa shape index (κ3) is 6.22. The van der Waals surface area contributed by atoms with Crippen molar-refractivity contribution >= 4 is 22.9 Å². The molecular weight excluding hydrogens is 470 g/mol. The molecule has 0 aliphatic heterocycles. The Balaban J connectivity index is 1.42. The molecule has 0 radical (unpaired) electrons. The van der Waals surface area contributed by atoms with Gasteiger partial charge in [-0.2, -0.15) is 0 Å². The predicted octanol–water partition coefficient (Wildman–Crippen LogP) is 7.57. The van der Waals surface area contributed by atoms with Crippen molar-refractivity contribution in [2.75, 3.05) is 6.61 Å². The number of benzene rings is 4. The Morgan fingerprint density at radius 3 is 2.24 bits per heavy atom. The van der Waals surface area contributed by atoms with E-state index in [0.29, 0.717) is 13.2 Å². The van der Waals surface area contributed by atoms with Gasteiger partial charge in [0.2, 0.25) is 0 Å². The van der Waals surface area contributed by atoms with Gasteiger partial charge in [0.25, 0.3) is 0 Å². The Morgan fingerprint density at radius 1 is 0.816 bits per heavy atom. The van der Waals surface area contributed by atoms with Crippen LogP contribution >= 0.6 is 0 Å². The lowest BCUT2D eigenvalue weighted by molar-refractivity contribution is -0.137. The summed E-state index contributed by atoms with van der Waals surface area (Å²) in [6.07, 6.45) is 7.40. The van der Waals surface area contributed by atoms with Gasteiger partial charge in [0.1, 0.15) is 12.4 Å². The number of rotatable bonds is 10. The Hall–Kier alpha value is -4.57. The minimum absolute atomic E-state index is 0.330. The molecule has 0 aliphatic carbocycles. The van der Waals surface area contributed by atoms with Crippen molar-refractivity contribution < 1.29 is 14.3 Å². The van der Waals surface area contributed by atoms with Crippen molar-refractivity contribution in [3.05, 3.63) is 138 Å². The SMILES string of the molecule is CCOC(=O)/C=C/c1ccc2c(c1)c(CCc1ccccc1)cn2-c1ccc(OCc2ccccc2)cc1. The molecule has 0 fully saturated rings. The van der Waals surface area contributed by atoms with Crippen LogP contribution in [-0.4, -0.2) is 17.1 Å². The van der Waals surface area contributed by atoms with Crippen LogP contribution in [0.3, 0.4) is 0 Å². The first-order valence-corrected chi connectivity index (χ1v) is 13.0. The highest BCUT2D eigenvalue weighted by atomic mass is 16.5. The molecule has 4 aromatic carbocycles. The normalized spacial score (nSPS) is 11.2. The molecule has 0 aliphatic rings. The van der Waals surface area contributed by atoms with Crippen molar-refractivity contribution in [1.29, 1.82) is 0 Å². The maximum atomic E-state index is 11.8. The summed E-state index contributed by atoms with van der Waals surface area (Å²) in [5.41, 5.74) is 6.88. The lowest BCUT2D eigenvalue weighted by Crippen LogP contribution is -1.98. The van der Waals surface area contributed by atoms with Crippen LogP contribution in [0.5, 0.6) is 5.75 Å². The molecule has 5 rings (SSSR count). The summed E-state index contributed by atoms with van der Waals surface area (Å²) >= 11 is 0. The van der Waals surface area contributed by atoms with Crippen LogP contribution in [-0.2, 0) is 29.0 Å². The van der Waals surface area contributed by atoms with Gasteiger partial charge in [0, 0.05) is 23.3 Å². The number of esters is 1. The van der Waals surface area contributed by atoms with Crippen LogP contribution < -0.4 is 4.74 Å². The summed E-state index contributed by atoms with van der Waals surface area (Å²) in [6, 6.07) is 35.2. The van der Waals surface area contributed by atoms with Crippen molar-refractivity contribution in [3.8, 4) is 11.4 Å². The average Bonchev–Trinajstić information content (AvgIpc) is 3.33. The molecule has 4 heteroatoms. The fraction of sp³-hybridized carbons (Fsp3) is 0.147. The van der Waals surface area contributed by atoms with E-state index in [0.717, 1.165) is 40.9 Å². The molecular formula is C34H31NO3. The molecule has 1 heterocycles. The molecule has 190 valence electrons. The number of nitrogens with zero attached hydrogens (tertiary/aromatic N) is 1. The number of hydrogen-bond acceptors (Lipinski definition) is 3. The zero-order valence-electron chi connectivity index (χ0n) is 21.5. The predicted molar refractivity (Wildman–Crippen MR) is 154 cm³/mol. The number of ether oxygens (including phenoxy) is 2. The highest BCUT2D eigenvalue weighted by molar-refractivity contribution is 5.91. The van der Waals surface area contributed by atoms with Gasteiger partial charge in [-0.15, -0.1) is 0 Å².